The number of carbonyl (C=O) groups is 1. The third-order valence-corrected chi connectivity index (χ3v) is 2.21. The molecule has 0 aliphatic carbocycles. The van der Waals surface area contributed by atoms with Crippen LogP contribution in [0.15, 0.2) is 0 Å². The molecular formula is C8H12F3NO3. The molecule has 1 aliphatic heterocycles. The lowest BCUT2D eigenvalue weighted by Crippen LogP contribution is -2.55. The summed E-state index contributed by atoms with van der Waals surface area (Å²) in [5, 5.41) is 8.74. The van der Waals surface area contributed by atoms with E-state index in [0.717, 1.165) is 0 Å². The Hall–Kier alpha value is -0.820. The number of carbonyl (C=O) groups excluding carboxylic acids is 1. The van der Waals surface area contributed by atoms with Gasteiger partial charge in [-0.3, -0.25) is 4.79 Å². The Morgan fingerprint density at radius 2 is 2.20 bits per heavy atom. The van der Waals surface area contributed by atoms with E-state index in [1.165, 1.54) is 6.92 Å². The molecule has 7 heteroatoms. The third kappa shape index (κ3) is 2.82. The number of halogens is 3. The summed E-state index contributed by atoms with van der Waals surface area (Å²) in [7, 11) is 0. The van der Waals surface area contributed by atoms with Crippen LogP contribution in [0.5, 0.6) is 0 Å². The molecule has 0 bridgehead atoms. The topological polar surface area (TPSA) is 49.8 Å². The number of amides is 1. The van der Waals surface area contributed by atoms with Crippen molar-refractivity contribution >= 4 is 5.91 Å². The van der Waals surface area contributed by atoms with Gasteiger partial charge in [0.05, 0.1) is 25.4 Å². The summed E-state index contributed by atoms with van der Waals surface area (Å²) in [6, 6.07) is -0.623. The number of hydrogen-bond donors (Lipinski definition) is 1. The van der Waals surface area contributed by atoms with Crippen molar-refractivity contribution in [3.63, 3.8) is 0 Å². The maximum Gasteiger partial charge on any atom is 0.471 e. The highest BCUT2D eigenvalue weighted by atomic mass is 19.4. The molecule has 1 amide bonds. The molecule has 0 radical (unpaired) electrons. The van der Waals surface area contributed by atoms with E-state index in [1.54, 1.807) is 0 Å². The molecule has 1 saturated heterocycles. The molecule has 0 saturated carbocycles. The van der Waals surface area contributed by atoms with Crippen LogP contribution in [0.1, 0.15) is 6.92 Å². The van der Waals surface area contributed by atoms with Gasteiger partial charge in [-0.1, -0.05) is 0 Å². The van der Waals surface area contributed by atoms with Crippen LogP contribution in [-0.2, 0) is 9.53 Å². The number of ether oxygens (including phenoxy) is 1. The molecule has 0 aromatic heterocycles. The second-order valence-electron chi connectivity index (χ2n) is 3.44. The number of rotatable bonds is 1. The molecule has 1 fully saturated rings. The van der Waals surface area contributed by atoms with E-state index in [4.69, 9.17) is 9.84 Å². The Morgan fingerprint density at radius 1 is 1.60 bits per heavy atom. The summed E-state index contributed by atoms with van der Waals surface area (Å²) >= 11 is 0. The van der Waals surface area contributed by atoms with Crippen LogP contribution in [0, 0.1) is 0 Å². The van der Waals surface area contributed by atoms with Gasteiger partial charge in [-0.25, -0.2) is 0 Å². The highest BCUT2D eigenvalue weighted by Gasteiger charge is 2.45. The SMILES string of the molecule is CC1COC(CO)CN1C(=O)C(F)(F)F. The molecular weight excluding hydrogens is 215 g/mol. The van der Waals surface area contributed by atoms with E-state index in [9.17, 15) is 18.0 Å². The van der Waals surface area contributed by atoms with E-state index >= 15 is 0 Å². The Balaban J connectivity index is 2.70. The molecule has 1 heterocycles. The van der Waals surface area contributed by atoms with Gasteiger partial charge in [0.25, 0.3) is 0 Å². The second kappa shape index (κ2) is 4.36. The van der Waals surface area contributed by atoms with E-state index in [1.807, 2.05) is 0 Å². The summed E-state index contributed by atoms with van der Waals surface area (Å²) in [6.07, 6.45) is -5.60. The van der Waals surface area contributed by atoms with Crippen LogP contribution < -0.4 is 0 Å². The van der Waals surface area contributed by atoms with Crippen LogP contribution >= 0.6 is 0 Å². The number of alkyl halides is 3. The van der Waals surface area contributed by atoms with Crippen molar-refractivity contribution in [3.05, 3.63) is 0 Å². The van der Waals surface area contributed by atoms with Crippen molar-refractivity contribution in [2.45, 2.75) is 25.2 Å². The molecule has 0 spiro atoms. The minimum atomic E-state index is -4.87. The Labute approximate surface area is 84.6 Å². The fourth-order valence-corrected chi connectivity index (χ4v) is 1.37. The van der Waals surface area contributed by atoms with Gasteiger partial charge < -0.3 is 14.7 Å². The average molecular weight is 227 g/mol. The molecule has 4 nitrogen and oxygen atoms in total. The lowest BCUT2D eigenvalue weighted by Gasteiger charge is -2.37. The van der Waals surface area contributed by atoms with Crippen molar-refractivity contribution in [3.8, 4) is 0 Å². The molecule has 0 aromatic rings. The highest BCUT2D eigenvalue weighted by Crippen LogP contribution is 2.22. The first-order chi connectivity index (χ1) is 6.86. The smallest absolute Gasteiger partial charge is 0.394 e. The molecule has 2 unspecified atom stereocenters. The fraction of sp³-hybridized carbons (Fsp3) is 0.875. The summed E-state index contributed by atoms with van der Waals surface area (Å²) < 4.78 is 41.5. The van der Waals surface area contributed by atoms with Crippen LogP contribution in [0.3, 0.4) is 0 Å². The lowest BCUT2D eigenvalue weighted by molar-refractivity contribution is -0.196. The summed E-state index contributed by atoms with van der Waals surface area (Å²) in [4.78, 5) is 11.6. The van der Waals surface area contributed by atoms with Gasteiger partial charge >= 0.3 is 12.1 Å². The standard InChI is InChI=1S/C8H12F3NO3/c1-5-4-15-6(3-13)2-12(5)7(14)8(9,10)11/h5-6,13H,2-4H2,1H3. The Morgan fingerprint density at radius 3 is 2.67 bits per heavy atom. The normalized spacial score (nSPS) is 27.9. The molecule has 1 aliphatic rings. The van der Waals surface area contributed by atoms with Gasteiger partial charge in [0.2, 0.25) is 0 Å². The van der Waals surface area contributed by atoms with Gasteiger partial charge in [0.1, 0.15) is 0 Å². The van der Waals surface area contributed by atoms with Gasteiger partial charge in [0, 0.05) is 6.54 Å². The van der Waals surface area contributed by atoms with E-state index in [-0.39, 0.29) is 13.2 Å². The highest BCUT2D eigenvalue weighted by molar-refractivity contribution is 5.82. The zero-order valence-electron chi connectivity index (χ0n) is 8.12. The summed E-state index contributed by atoms with van der Waals surface area (Å²) in [5.41, 5.74) is 0. The largest absolute Gasteiger partial charge is 0.471 e. The summed E-state index contributed by atoms with van der Waals surface area (Å²) in [5.74, 6) is -1.88. The van der Waals surface area contributed by atoms with Gasteiger partial charge in [-0.2, -0.15) is 13.2 Å². The van der Waals surface area contributed by atoms with E-state index in [2.05, 4.69) is 0 Å². The second-order valence-corrected chi connectivity index (χ2v) is 3.44. The lowest BCUT2D eigenvalue weighted by atomic mass is 10.2. The van der Waals surface area contributed by atoms with Crippen LogP contribution in [0.4, 0.5) is 13.2 Å². The predicted molar refractivity (Wildman–Crippen MR) is 44.1 cm³/mol. The van der Waals surface area contributed by atoms with Crippen LogP contribution in [0.2, 0.25) is 0 Å². The minimum Gasteiger partial charge on any atom is -0.394 e. The van der Waals surface area contributed by atoms with Gasteiger partial charge in [-0.15, -0.1) is 0 Å². The maximum absolute atomic E-state index is 12.1. The molecule has 1 rings (SSSR count). The van der Waals surface area contributed by atoms with Crippen molar-refractivity contribution in [2.24, 2.45) is 0 Å². The molecule has 2 atom stereocenters. The number of aliphatic hydroxyl groups excluding tert-OH is 1. The zero-order valence-corrected chi connectivity index (χ0v) is 8.12. The first-order valence-corrected chi connectivity index (χ1v) is 4.46. The van der Waals surface area contributed by atoms with E-state index in [0.29, 0.717) is 4.90 Å². The fourth-order valence-electron chi connectivity index (χ4n) is 1.37. The van der Waals surface area contributed by atoms with E-state index < -0.39 is 30.8 Å². The van der Waals surface area contributed by atoms with Crippen molar-refractivity contribution in [2.75, 3.05) is 19.8 Å². The van der Waals surface area contributed by atoms with Gasteiger partial charge in [-0.05, 0) is 6.92 Å². The maximum atomic E-state index is 12.1. The first-order valence-electron chi connectivity index (χ1n) is 4.46. The van der Waals surface area contributed by atoms with Crippen molar-refractivity contribution < 1.29 is 27.8 Å². The number of nitrogens with zero attached hydrogens (tertiary/aromatic N) is 1. The third-order valence-electron chi connectivity index (χ3n) is 2.21. The van der Waals surface area contributed by atoms with Crippen LogP contribution in [-0.4, -0.2) is 54.0 Å². The van der Waals surface area contributed by atoms with Crippen molar-refractivity contribution in [1.82, 2.24) is 4.90 Å². The molecule has 88 valence electrons. The number of hydrogen-bond acceptors (Lipinski definition) is 3. The summed E-state index contributed by atoms with van der Waals surface area (Å²) in [6.45, 7) is 0.856. The Bertz CT molecular complexity index is 244. The minimum absolute atomic E-state index is 0.00699. The van der Waals surface area contributed by atoms with Gasteiger partial charge in [0.15, 0.2) is 0 Å². The first kappa shape index (κ1) is 12.3. The number of aliphatic hydroxyl groups is 1. The predicted octanol–water partition coefficient (Wildman–Crippen LogP) is 0.157. The molecule has 0 aromatic carbocycles. The monoisotopic (exact) mass is 227 g/mol. The molecule has 1 N–H and O–H groups in total. The number of morpholine rings is 1. The van der Waals surface area contributed by atoms with Crippen LogP contribution in [0.25, 0.3) is 0 Å². The van der Waals surface area contributed by atoms with Crippen molar-refractivity contribution in [1.29, 1.82) is 0 Å². The zero-order chi connectivity index (χ0) is 11.6. The average Bonchev–Trinajstić information content (AvgIpc) is 2.16. The molecule has 15 heavy (non-hydrogen) atoms. The quantitative estimate of drug-likeness (QED) is 0.694. The Kier molecular flexibility index (Phi) is 3.56.